The number of amides is 1. The van der Waals surface area contributed by atoms with Crippen LogP contribution in [-0.4, -0.2) is 28.8 Å². The Morgan fingerprint density at radius 2 is 2.11 bits per heavy atom. The number of aromatic nitrogens is 2. The van der Waals surface area contributed by atoms with Crippen LogP contribution in [0.1, 0.15) is 18.4 Å². The molecule has 1 atom stereocenters. The van der Waals surface area contributed by atoms with E-state index in [1.165, 1.54) is 6.07 Å². The fourth-order valence-electron chi connectivity index (χ4n) is 2.93. The first-order chi connectivity index (χ1) is 13.1. The van der Waals surface area contributed by atoms with E-state index in [-0.39, 0.29) is 11.7 Å². The maximum absolute atomic E-state index is 13.8. The van der Waals surface area contributed by atoms with Gasteiger partial charge < -0.3 is 14.6 Å². The molecule has 2 aromatic carbocycles. The fraction of sp³-hybridized carbons (Fsp3) is 0.250. The molecular weight excluding hydrogens is 349 g/mol. The summed E-state index contributed by atoms with van der Waals surface area (Å²) in [5, 5.41) is 6.77. The summed E-state index contributed by atoms with van der Waals surface area (Å²) >= 11 is 0. The summed E-state index contributed by atoms with van der Waals surface area (Å²) in [5.74, 6) is 0.112. The minimum Gasteiger partial charge on any atom is -0.368 e. The Bertz CT molecular complexity index is 980. The van der Waals surface area contributed by atoms with Crippen LogP contribution in [0.5, 0.6) is 0 Å². The molecule has 0 spiro atoms. The van der Waals surface area contributed by atoms with Crippen LogP contribution in [0.25, 0.3) is 22.8 Å². The van der Waals surface area contributed by atoms with Crippen molar-refractivity contribution in [3.05, 3.63) is 53.8 Å². The largest absolute Gasteiger partial charge is 0.368 e. The van der Waals surface area contributed by atoms with E-state index < -0.39 is 6.10 Å². The van der Waals surface area contributed by atoms with Crippen LogP contribution in [0.4, 0.5) is 10.1 Å². The number of hydrogen-bond donors (Lipinski definition) is 1. The topological polar surface area (TPSA) is 77.2 Å². The van der Waals surface area contributed by atoms with E-state index in [9.17, 15) is 9.18 Å². The van der Waals surface area contributed by atoms with E-state index in [0.29, 0.717) is 40.7 Å². The molecule has 4 rings (SSSR count). The van der Waals surface area contributed by atoms with Gasteiger partial charge in [-0.1, -0.05) is 23.4 Å². The van der Waals surface area contributed by atoms with E-state index >= 15 is 0 Å². The summed E-state index contributed by atoms with van der Waals surface area (Å²) in [7, 11) is 0. The summed E-state index contributed by atoms with van der Waals surface area (Å²) in [6, 6.07) is 11.9. The number of nitrogens with zero attached hydrogens (tertiary/aromatic N) is 2. The van der Waals surface area contributed by atoms with Crippen molar-refractivity contribution in [2.24, 2.45) is 0 Å². The van der Waals surface area contributed by atoms with Gasteiger partial charge in [0.25, 0.3) is 11.8 Å². The average molecular weight is 367 g/mol. The number of carbonyl (C=O) groups excluding carboxylic acids is 1. The first-order valence-electron chi connectivity index (χ1n) is 8.73. The highest BCUT2D eigenvalue weighted by atomic mass is 19.1. The Kier molecular flexibility index (Phi) is 4.68. The number of ether oxygens (including phenoxy) is 1. The summed E-state index contributed by atoms with van der Waals surface area (Å²) in [5.41, 5.74) is 2.37. The second-order valence-corrected chi connectivity index (χ2v) is 6.46. The lowest BCUT2D eigenvalue weighted by atomic mass is 10.1. The van der Waals surface area contributed by atoms with E-state index in [2.05, 4.69) is 15.5 Å². The Morgan fingerprint density at radius 3 is 2.89 bits per heavy atom. The molecule has 2 heterocycles. The molecule has 6 nitrogen and oxygen atoms in total. The van der Waals surface area contributed by atoms with Crippen molar-refractivity contribution in [2.75, 3.05) is 11.9 Å². The van der Waals surface area contributed by atoms with E-state index in [0.717, 1.165) is 12.8 Å². The van der Waals surface area contributed by atoms with Gasteiger partial charge in [0.1, 0.15) is 11.9 Å². The molecular formula is C20H18FN3O3. The second-order valence-electron chi connectivity index (χ2n) is 6.46. The van der Waals surface area contributed by atoms with Crippen molar-refractivity contribution in [1.29, 1.82) is 0 Å². The lowest BCUT2D eigenvalue weighted by Crippen LogP contribution is -2.26. The van der Waals surface area contributed by atoms with Crippen LogP contribution < -0.4 is 5.32 Å². The predicted octanol–water partition coefficient (Wildman–Crippen LogP) is 3.97. The van der Waals surface area contributed by atoms with Crippen LogP contribution in [0.15, 0.2) is 47.0 Å². The maximum atomic E-state index is 13.8. The zero-order chi connectivity index (χ0) is 18.8. The van der Waals surface area contributed by atoms with E-state index in [1.54, 1.807) is 43.3 Å². The van der Waals surface area contributed by atoms with Gasteiger partial charge in [0, 0.05) is 23.4 Å². The van der Waals surface area contributed by atoms with Gasteiger partial charge in [-0.3, -0.25) is 4.79 Å². The van der Waals surface area contributed by atoms with Crippen LogP contribution in [-0.2, 0) is 9.53 Å². The smallest absolute Gasteiger partial charge is 0.258 e. The van der Waals surface area contributed by atoms with Crippen molar-refractivity contribution < 1.29 is 18.4 Å². The van der Waals surface area contributed by atoms with Gasteiger partial charge >= 0.3 is 0 Å². The maximum Gasteiger partial charge on any atom is 0.258 e. The molecule has 0 unspecified atom stereocenters. The molecule has 1 fully saturated rings. The average Bonchev–Trinajstić information content (AvgIpc) is 3.36. The number of anilines is 1. The highest BCUT2D eigenvalue weighted by Crippen LogP contribution is 2.25. The van der Waals surface area contributed by atoms with Crippen LogP contribution in [0, 0.1) is 12.7 Å². The molecule has 1 amide bonds. The van der Waals surface area contributed by atoms with Crippen molar-refractivity contribution in [1.82, 2.24) is 10.1 Å². The van der Waals surface area contributed by atoms with Gasteiger partial charge in [0.15, 0.2) is 0 Å². The second kappa shape index (κ2) is 7.28. The number of halogens is 1. The van der Waals surface area contributed by atoms with Crippen LogP contribution in [0.3, 0.4) is 0 Å². The van der Waals surface area contributed by atoms with Crippen LogP contribution in [0.2, 0.25) is 0 Å². The molecule has 0 aliphatic carbocycles. The normalized spacial score (nSPS) is 16.4. The number of rotatable bonds is 4. The predicted molar refractivity (Wildman–Crippen MR) is 97.5 cm³/mol. The number of aryl methyl sites for hydroxylation is 1. The van der Waals surface area contributed by atoms with Gasteiger partial charge in [-0.15, -0.1) is 0 Å². The zero-order valence-corrected chi connectivity index (χ0v) is 14.7. The molecule has 27 heavy (non-hydrogen) atoms. The lowest BCUT2D eigenvalue weighted by molar-refractivity contribution is -0.124. The fourth-order valence-corrected chi connectivity index (χ4v) is 2.93. The zero-order valence-electron chi connectivity index (χ0n) is 14.7. The summed E-state index contributed by atoms with van der Waals surface area (Å²) < 4.78 is 24.5. The quantitative estimate of drug-likeness (QED) is 0.755. The molecule has 7 heteroatoms. The molecule has 0 bridgehead atoms. The molecule has 1 aromatic heterocycles. The Morgan fingerprint density at radius 1 is 1.22 bits per heavy atom. The Labute approximate surface area is 155 Å². The van der Waals surface area contributed by atoms with Gasteiger partial charge in [-0.2, -0.15) is 4.98 Å². The minimum absolute atomic E-state index is 0.161. The molecule has 3 aromatic rings. The molecule has 0 radical (unpaired) electrons. The van der Waals surface area contributed by atoms with Gasteiger partial charge in [0.2, 0.25) is 5.82 Å². The lowest BCUT2D eigenvalue weighted by Gasteiger charge is -2.10. The van der Waals surface area contributed by atoms with E-state index in [1.807, 2.05) is 0 Å². The number of carbonyl (C=O) groups is 1. The first-order valence-corrected chi connectivity index (χ1v) is 8.73. The SMILES string of the molecule is Cc1ccc(-c2noc(-c3cccc(NC(=O)[C@H]4CCCO4)c3)n2)cc1F. The van der Waals surface area contributed by atoms with Crippen molar-refractivity contribution in [3.63, 3.8) is 0 Å². The van der Waals surface area contributed by atoms with Gasteiger partial charge in [-0.05, 0) is 49.6 Å². The third kappa shape index (κ3) is 3.73. The van der Waals surface area contributed by atoms with Gasteiger partial charge in [0.05, 0.1) is 0 Å². The number of benzene rings is 2. The molecule has 1 N–H and O–H groups in total. The Balaban J connectivity index is 1.54. The summed E-state index contributed by atoms with van der Waals surface area (Å²) in [6.07, 6.45) is 1.22. The minimum atomic E-state index is -0.403. The highest BCUT2D eigenvalue weighted by Gasteiger charge is 2.23. The van der Waals surface area contributed by atoms with Gasteiger partial charge in [-0.25, -0.2) is 4.39 Å². The number of hydrogen-bond acceptors (Lipinski definition) is 5. The summed E-state index contributed by atoms with van der Waals surface area (Å²) in [4.78, 5) is 16.5. The highest BCUT2D eigenvalue weighted by molar-refractivity contribution is 5.94. The Hall–Kier alpha value is -3.06. The summed E-state index contributed by atoms with van der Waals surface area (Å²) in [6.45, 7) is 2.31. The monoisotopic (exact) mass is 367 g/mol. The van der Waals surface area contributed by atoms with E-state index in [4.69, 9.17) is 9.26 Å². The molecule has 1 aliphatic heterocycles. The first kappa shape index (κ1) is 17.4. The third-order valence-electron chi connectivity index (χ3n) is 4.46. The standard InChI is InChI=1S/C20H18FN3O3/c1-12-7-8-13(11-16(12)21)18-23-20(27-24-18)14-4-2-5-15(10-14)22-19(25)17-6-3-9-26-17/h2,4-5,7-8,10-11,17H,3,6,9H2,1H3,(H,22,25)/t17-/m1/s1. The van der Waals surface area contributed by atoms with Crippen LogP contribution >= 0.6 is 0 Å². The van der Waals surface area contributed by atoms with Crippen molar-refractivity contribution >= 4 is 11.6 Å². The number of nitrogens with one attached hydrogen (secondary N) is 1. The third-order valence-corrected chi connectivity index (χ3v) is 4.46. The van der Waals surface area contributed by atoms with Crippen molar-refractivity contribution in [2.45, 2.75) is 25.9 Å². The molecule has 138 valence electrons. The molecule has 1 saturated heterocycles. The van der Waals surface area contributed by atoms with Crippen molar-refractivity contribution in [3.8, 4) is 22.8 Å². The molecule has 0 saturated carbocycles. The molecule has 1 aliphatic rings.